The summed E-state index contributed by atoms with van der Waals surface area (Å²) in [6, 6.07) is 4.56. The molecule has 0 radical (unpaired) electrons. The minimum atomic E-state index is 0. The van der Waals surface area contributed by atoms with Crippen LogP contribution in [0.25, 0.3) is 0 Å². The molecular weight excluding hydrogens is 252 g/mol. The topological polar surface area (TPSA) is 60.7 Å². The molecule has 0 unspecified atom stereocenters. The van der Waals surface area contributed by atoms with E-state index in [9.17, 15) is 0 Å². The number of hydrogen-bond acceptors (Lipinski definition) is 3. The summed E-state index contributed by atoms with van der Waals surface area (Å²) < 4.78 is 0. The Morgan fingerprint density at radius 3 is 1.88 bits per heavy atom. The standard InChI is InChI=1S/C10H13.3CH4O.Ti/c1-8-6-7-9-4-2-3-5-10(8)9;3*1-2;/h6-7H,2-5H2,1H3;3*2H,1H3;/q-1;;;;. The van der Waals surface area contributed by atoms with Crippen LogP contribution < -0.4 is 0 Å². The van der Waals surface area contributed by atoms with Crippen molar-refractivity contribution in [3.05, 3.63) is 28.8 Å². The first-order valence-corrected chi connectivity index (χ1v) is 5.46. The fourth-order valence-corrected chi connectivity index (χ4v) is 1.89. The molecule has 0 aromatic heterocycles. The quantitative estimate of drug-likeness (QED) is 0.496. The van der Waals surface area contributed by atoms with Crippen LogP contribution in [0.1, 0.15) is 29.5 Å². The molecule has 0 atom stereocenters. The second-order valence-electron chi connectivity index (χ2n) is 3.23. The maximum Gasteiger partial charge on any atom is 0.0319 e. The van der Waals surface area contributed by atoms with Crippen LogP contribution >= 0.6 is 0 Å². The van der Waals surface area contributed by atoms with Gasteiger partial charge in [0.05, 0.1) is 0 Å². The van der Waals surface area contributed by atoms with E-state index in [1.165, 1.54) is 31.2 Å². The Bertz CT molecular complexity index is 247. The average Bonchev–Trinajstić information content (AvgIpc) is 2.79. The van der Waals surface area contributed by atoms with E-state index in [0.717, 1.165) is 21.3 Å². The third-order valence-electron chi connectivity index (χ3n) is 2.52. The predicted octanol–water partition coefficient (Wildman–Crippen LogP) is 1.42. The molecule has 0 fully saturated rings. The Kier molecular flexibility index (Phi) is 20.8. The van der Waals surface area contributed by atoms with Crippen LogP contribution in [0.5, 0.6) is 0 Å². The van der Waals surface area contributed by atoms with Crippen LogP contribution in [0.4, 0.5) is 0 Å². The maximum absolute atomic E-state index is 7.00. The molecule has 1 aliphatic carbocycles. The molecule has 1 aromatic carbocycles. The van der Waals surface area contributed by atoms with Gasteiger partial charge in [-0.1, -0.05) is 32.6 Å². The van der Waals surface area contributed by atoms with Crippen molar-refractivity contribution in [3.8, 4) is 0 Å². The normalized spacial score (nSPS) is 11.0. The molecule has 0 saturated heterocycles. The van der Waals surface area contributed by atoms with Crippen molar-refractivity contribution in [1.29, 1.82) is 0 Å². The fraction of sp³-hybridized carbons (Fsp3) is 0.615. The minimum absolute atomic E-state index is 0. The van der Waals surface area contributed by atoms with Gasteiger partial charge in [-0.05, 0) is 0 Å². The minimum Gasteiger partial charge on any atom is -0.400 e. The van der Waals surface area contributed by atoms with Crippen molar-refractivity contribution in [2.75, 3.05) is 21.3 Å². The summed E-state index contributed by atoms with van der Waals surface area (Å²) in [5.41, 5.74) is 4.77. The van der Waals surface area contributed by atoms with Crippen LogP contribution in [0.2, 0.25) is 0 Å². The summed E-state index contributed by atoms with van der Waals surface area (Å²) in [6.07, 6.45) is 5.45. The van der Waals surface area contributed by atoms with Gasteiger partial charge in [-0.2, -0.15) is 22.8 Å². The predicted molar refractivity (Wildman–Crippen MR) is 67.8 cm³/mol. The van der Waals surface area contributed by atoms with Gasteiger partial charge in [-0.15, -0.1) is 0 Å². The zero-order chi connectivity index (χ0) is 13.0. The van der Waals surface area contributed by atoms with Crippen molar-refractivity contribution in [2.45, 2.75) is 32.6 Å². The number of hydrogen-bond donors (Lipinski definition) is 3. The van der Waals surface area contributed by atoms with Crippen molar-refractivity contribution < 1.29 is 37.0 Å². The number of aliphatic hydroxyl groups is 3. The fourth-order valence-electron chi connectivity index (χ4n) is 1.89. The van der Waals surface area contributed by atoms with E-state index in [2.05, 4.69) is 19.1 Å². The molecule has 1 aliphatic rings. The smallest absolute Gasteiger partial charge is 0.0319 e. The summed E-state index contributed by atoms with van der Waals surface area (Å²) in [5.74, 6) is 0. The van der Waals surface area contributed by atoms with Crippen molar-refractivity contribution >= 4 is 0 Å². The molecule has 0 saturated carbocycles. The number of fused-ring (bicyclic) bond motifs is 1. The molecule has 2 rings (SSSR count). The SMILES string of the molecule is CO.CO.CO.C[c-]1ccc2c1CCCC2.[Ti]. The Balaban J connectivity index is -0.000000248. The molecular formula is C13H25O3Ti-. The maximum atomic E-state index is 7.00. The van der Waals surface area contributed by atoms with Crippen LogP contribution in [-0.4, -0.2) is 36.6 Å². The molecule has 17 heavy (non-hydrogen) atoms. The van der Waals surface area contributed by atoms with Gasteiger partial charge >= 0.3 is 0 Å². The second kappa shape index (κ2) is 15.9. The van der Waals surface area contributed by atoms with E-state index in [1.807, 2.05) is 0 Å². The summed E-state index contributed by atoms with van der Waals surface area (Å²) >= 11 is 0. The summed E-state index contributed by atoms with van der Waals surface area (Å²) in [6.45, 7) is 2.23. The van der Waals surface area contributed by atoms with Crippen molar-refractivity contribution in [2.24, 2.45) is 0 Å². The van der Waals surface area contributed by atoms with E-state index in [1.54, 1.807) is 11.1 Å². The van der Waals surface area contributed by atoms with Crippen LogP contribution in [0.15, 0.2) is 12.1 Å². The van der Waals surface area contributed by atoms with Gasteiger partial charge in [-0.3, -0.25) is 0 Å². The molecule has 4 heteroatoms. The molecule has 3 nitrogen and oxygen atoms in total. The van der Waals surface area contributed by atoms with Gasteiger partial charge in [-0.25, -0.2) is 6.07 Å². The Hall–Kier alpha value is -0.0557. The number of aryl methyl sites for hydroxylation is 2. The largest absolute Gasteiger partial charge is 0.400 e. The first-order chi connectivity index (χ1) is 7.88. The Morgan fingerprint density at radius 1 is 0.941 bits per heavy atom. The molecule has 0 amide bonds. The van der Waals surface area contributed by atoms with E-state index >= 15 is 0 Å². The summed E-state index contributed by atoms with van der Waals surface area (Å²) in [4.78, 5) is 0. The molecule has 3 N–H and O–H groups in total. The molecule has 0 aliphatic heterocycles. The molecule has 0 heterocycles. The zero-order valence-electron chi connectivity index (χ0n) is 11.3. The monoisotopic (exact) mass is 277 g/mol. The van der Waals surface area contributed by atoms with E-state index in [0.29, 0.717) is 0 Å². The summed E-state index contributed by atoms with van der Waals surface area (Å²) in [5, 5.41) is 21.0. The van der Waals surface area contributed by atoms with Gasteiger partial charge < -0.3 is 15.3 Å². The number of aliphatic hydroxyl groups excluding tert-OH is 3. The molecule has 0 bridgehead atoms. The average molecular weight is 277 g/mol. The van der Waals surface area contributed by atoms with Gasteiger partial charge in [0.15, 0.2) is 0 Å². The molecule has 1 aromatic rings. The third-order valence-corrected chi connectivity index (χ3v) is 2.52. The van der Waals surface area contributed by atoms with Crippen LogP contribution in [-0.2, 0) is 34.6 Å². The van der Waals surface area contributed by atoms with E-state index < -0.39 is 0 Å². The second-order valence-corrected chi connectivity index (χ2v) is 3.23. The Morgan fingerprint density at radius 2 is 1.41 bits per heavy atom. The first kappa shape index (κ1) is 22.2. The Labute approximate surface area is 120 Å². The van der Waals surface area contributed by atoms with Crippen LogP contribution in [0, 0.1) is 6.92 Å². The van der Waals surface area contributed by atoms with Gasteiger partial charge in [0.2, 0.25) is 0 Å². The summed E-state index contributed by atoms with van der Waals surface area (Å²) in [7, 11) is 3.00. The third kappa shape index (κ3) is 7.79. The van der Waals surface area contributed by atoms with Gasteiger partial charge in [0.25, 0.3) is 0 Å². The molecule has 100 valence electrons. The van der Waals surface area contributed by atoms with Crippen molar-refractivity contribution in [1.82, 2.24) is 0 Å². The zero-order valence-corrected chi connectivity index (χ0v) is 12.9. The van der Waals surface area contributed by atoms with E-state index in [-0.39, 0.29) is 21.7 Å². The van der Waals surface area contributed by atoms with Crippen molar-refractivity contribution in [3.63, 3.8) is 0 Å². The first-order valence-electron chi connectivity index (χ1n) is 5.46. The van der Waals surface area contributed by atoms with Crippen LogP contribution in [0.3, 0.4) is 0 Å². The van der Waals surface area contributed by atoms with Gasteiger partial charge in [0, 0.05) is 43.0 Å². The van der Waals surface area contributed by atoms with Gasteiger partial charge in [0.1, 0.15) is 0 Å². The van der Waals surface area contributed by atoms with E-state index in [4.69, 9.17) is 15.3 Å². The molecule has 0 spiro atoms. The number of rotatable bonds is 0.